The van der Waals surface area contributed by atoms with E-state index in [4.69, 9.17) is 10.3 Å². The second-order valence-corrected chi connectivity index (χ2v) is 4.78. The van der Waals surface area contributed by atoms with E-state index in [2.05, 4.69) is 23.1 Å². The van der Waals surface area contributed by atoms with E-state index in [-0.39, 0.29) is 0 Å². The first-order valence-corrected chi connectivity index (χ1v) is 6.90. The lowest BCUT2D eigenvalue weighted by Crippen LogP contribution is -1.97. The Hall–Kier alpha value is -1.68. The summed E-state index contributed by atoms with van der Waals surface area (Å²) < 4.78 is 5.29. The van der Waals surface area contributed by atoms with Crippen molar-refractivity contribution in [1.29, 1.82) is 0 Å². The lowest BCUT2D eigenvalue weighted by Gasteiger charge is -1.98. The number of hydrogen-bond donors (Lipinski definition) is 1. The van der Waals surface area contributed by atoms with Gasteiger partial charge in [-0.15, -0.1) is 0 Å². The molecule has 0 radical (unpaired) electrons. The van der Waals surface area contributed by atoms with Crippen LogP contribution in [0.4, 0.5) is 0 Å². The van der Waals surface area contributed by atoms with Crippen molar-refractivity contribution in [2.24, 2.45) is 5.73 Å². The molecular formula is C15H21N3O. The topological polar surface area (TPSA) is 64.9 Å². The van der Waals surface area contributed by atoms with Crippen molar-refractivity contribution in [3.05, 3.63) is 35.7 Å². The minimum Gasteiger partial charge on any atom is -0.339 e. The number of hydrogen-bond acceptors (Lipinski definition) is 4. The van der Waals surface area contributed by atoms with Crippen molar-refractivity contribution in [3.63, 3.8) is 0 Å². The minimum absolute atomic E-state index is 0.690. The van der Waals surface area contributed by atoms with E-state index in [0.29, 0.717) is 5.82 Å². The Bertz CT molecular complexity index is 508. The maximum absolute atomic E-state index is 5.46. The third kappa shape index (κ3) is 3.89. The number of unbranched alkanes of at least 4 members (excludes halogenated alkanes) is 3. The van der Waals surface area contributed by atoms with Crippen LogP contribution in [0.3, 0.4) is 0 Å². The largest absolute Gasteiger partial charge is 0.339 e. The summed E-state index contributed by atoms with van der Waals surface area (Å²) in [5.74, 6) is 1.42. The molecule has 0 aliphatic heterocycles. The molecule has 0 fully saturated rings. The summed E-state index contributed by atoms with van der Waals surface area (Å²) in [5, 5.41) is 4.06. The van der Waals surface area contributed by atoms with E-state index in [1.165, 1.54) is 12.8 Å². The SMILES string of the molecule is Cc1ccccc1-c1noc(CCCCCCN)n1. The molecule has 1 aromatic heterocycles. The van der Waals surface area contributed by atoms with Crippen LogP contribution in [0.25, 0.3) is 11.4 Å². The summed E-state index contributed by atoms with van der Waals surface area (Å²) >= 11 is 0. The Kier molecular flexibility index (Phi) is 5.10. The van der Waals surface area contributed by atoms with E-state index in [0.717, 1.165) is 42.8 Å². The molecule has 0 saturated carbocycles. The van der Waals surface area contributed by atoms with Crippen LogP contribution in [-0.4, -0.2) is 16.7 Å². The van der Waals surface area contributed by atoms with Crippen molar-refractivity contribution < 1.29 is 4.52 Å². The van der Waals surface area contributed by atoms with Gasteiger partial charge < -0.3 is 10.3 Å². The van der Waals surface area contributed by atoms with Crippen molar-refractivity contribution in [2.45, 2.75) is 39.0 Å². The fraction of sp³-hybridized carbons (Fsp3) is 0.467. The minimum atomic E-state index is 0.690. The van der Waals surface area contributed by atoms with Crippen molar-refractivity contribution in [1.82, 2.24) is 10.1 Å². The Morgan fingerprint density at radius 3 is 2.68 bits per heavy atom. The lowest BCUT2D eigenvalue weighted by atomic mass is 10.1. The van der Waals surface area contributed by atoms with Crippen molar-refractivity contribution in [3.8, 4) is 11.4 Å². The van der Waals surface area contributed by atoms with Gasteiger partial charge in [-0.2, -0.15) is 4.98 Å². The summed E-state index contributed by atoms with van der Waals surface area (Å²) in [6.07, 6.45) is 5.37. The van der Waals surface area contributed by atoms with E-state index >= 15 is 0 Å². The van der Waals surface area contributed by atoms with Gasteiger partial charge in [-0.3, -0.25) is 0 Å². The molecule has 0 aliphatic rings. The standard InChI is InChI=1S/C15H21N3O/c1-12-8-5-6-9-13(12)15-17-14(19-18-15)10-4-2-3-7-11-16/h5-6,8-9H,2-4,7,10-11,16H2,1H3. The Balaban J connectivity index is 1.91. The number of rotatable bonds is 7. The molecule has 0 spiro atoms. The summed E-state index contributed by atoms with van der Waals surface area (Å²) in [6, 6.07) is 8.08. The summed E-state index contributed by atoms with van der Waals surface area (Å²) in [5.41, 5.74) is 7.67. The average molecular weight is 259 g/mol. The summed E-state index contributed by atoms with van der Waals surface area (Å²) in [7, 11) is 0. The molecule has 0 atom stereocenters. The number of benzene rings is 1. The molecule has 0 aliphatic carbocycles. The third-order valence-electron chi connectivity index (χ3n) is 3.20. The zero-order valence-corrected chi connectivity index (χ0v) is 11.4. The van der Waals surface area contributed by atoms with Gasteiger partial charge in [0.2, 0.25) is 11.7 Å². The third-order valence-corrected chi connectivity index (χ3v) is 3.20. The second kappa shape index (κ2) is 7.04. The van der Waals surface area contributed by atoms with E-state index in [1.54, 1.807) is 0 Å². The maximum Gasteiger partial charge on any atom is 0.226 e. The van der Waals surface area contributed by atoms with Crippen molar-refractivity contribution in [2.75, 3.05) is 6.54 Å². The van der Waals surface area contributed by atoms with Gasteiger partial charge in [0, 0.05) is 12.0 Å². The van der Waals surface area contributed by atoms with Crippen LogP contribution < -0.4 is 5.73 Å². The van der Waals surface area contributed by atoms with Gasteiger partial charge in [-0.05, 0) is 31.9 Å². The van der Waals surface area contributed by atoms with E-state index < -0.39 is 0 Å². The van der Waals surface area contributed by atoms with Gasteiger partial charge >= 0.3 is 0 Å². The quantitative estimate of drug-likeness (QED) is 0.776. The molecule has 0 bridgehead atoms. The number of nitrogens with two attached hydrogens (primary N) is 1. The maximum atomic E-state index is 5.46. The molecule has 1 aromatic carbocycles. The Morgan fingerprint density at radius 1 is 1.11 bits per heavy atom. The first-order valence-electron chi connectivity index (χ1n) is 6.90. The van der Waals surface area contributed by atoms with E-state index in [1.807, 2.05) is 18.2 Å². The molecule has 4 nitrogen and oxygen atoms in total. The van der Waals surface area contributed by atoms with E-state index in [9.17, 15) is 0 Å². The highest BCUT2D eigenvalue weighted by Crippen LogP contribution is 2.20. The fourth-order valence-electron chi connectivity index (χ4n) is 2.06. The molecule has 0 unspecified atom stereocenters. The molecule has 102 valence electrons. The van der Waals surface area contributed by atoms with Crippen LogP contribution in [0.15, 0.2) is 28.8 Å². The van der Waals surface area contributed by atoms with Gasteiger partial charge in [-0.25, -0.2) is 0 Å². The molecule has 1 heterocycles. The summed E-state index contributed by atoms with van der Waals surface area (Å²) in [4.78, 5) is 4.46. The zero-order valence-electron chi connectivity index (χ0n) is 11.4. The fourth-order valence-corrected chi connectivity index (χ4v) is 2.06. The van der Waals surface area contributed by atoms with Gasteiger partial charge in [0.1, 0.15) is 0 Å². The van der Waals surface area contributed by atoms with Crippen LogP contribution in [0, 0.1) is 6.92 Å². The van der Waals surface area contributed by atoms with Gasteiger partial charge in [-0.1, -0.05) is 42.3 Å². The first-order chi connectivity index (χ1) is 9.31. The normalized spacial score (nSPS) is 10.8. The predicted molar refractivity (Wildman–Crippen MR) is 75.7 cm³/mol. The summed E-state index contributed by atoms with van der Waals surface area (Å²) in [6.45, 7) is 2.83. The highest BCUT2D eigenvalue weighted by Gasteiger charge is 2.09. The Labute approximate surface area is 114 Å². The van der Waals surface area contributed by atoms with Crippen LogP contribution in [-0.2, 0) is 6.42 Å². The number of aromatic nitrogens is 2. The zero-order chi connectivity index (χ0) is 13.5. The molecule has 19 heavy (non-hydrogen) atoms. The molecule has 0 saturated heterocycles. The molecule has 4 heteroatoms. The molecular weight excluding hydrogens is 238 g/mol. The predicted octanol–water partition coefficient (Wildman–Crippen LogP) is 3.11. The number of aryl methyl sites for hydroxylation is 2. The van der Waals surface area contributed by atoms with Crippen LogP contribution >= 0.6 is 0 Å². The molecule has 0 amide bonds. The van der Waals surface area contributed by atoms with Gasteiger partial charge in [0.15, 0.2) is 0 Å². The first kappa shape index (κ1) is 13.7. The van der Waals surface area contributed by atoms with Crippen LogP contribution in [0.1, 0.15) is 37.1 Å². The van der Waals surface area contributed by atoms with Gasteiger partial charge in [0.25, 0.3) is 0 Å². The highest BCUT2D eigenvalue weighted by atomic mass is 16.5. The van der Waals surface area contributed by atoms with Crippen LogP contribution in [0.2, 0.25) is 0 Å². The van der Waals surface area contributed by atoms with Crippen LogP contribution in [0.5, 0.6) is 0 Å². The lowest BCUT2D eigenvalue weighted by molar-refractivity contribution is 0.374. The smallest absolute Gasteiger partial charge is 0.226 e. The van der Waals surface area contributed by atoms with Gasteiger partial charge in [0.05, 0.1) is 0 Å². The molecule has 2 rings (SSSR count). The Morgan fingerprint density at radius 2 is 1.89 bits per heavy atom. The molecule has 2 N–H and O–H groups in total. The monoisotopic (exact) mass is 259 g/mol. The average Bonchev–Trinajstić information content (AvgIpc) is 2.88. The molecule has 2 aromatic rings. The second-order valence-electron chi connectivity index (χ2n) is 4.78. The number of nitrogens with zero attached hydrogens (tertiary/aromatic N) is 2. The highest BCUT2D eigenvalue weighted by molar-refractivity contribution is 5.58. The van der Waals surface area contributed by atoms with Crippen molar-refractivity contribution >= 4 is 0 Å².